The Balaban J connectivity index is 2.03. The third kappa shape index (κ3) is 6.01. The number of halogens is 1. The molecule has 0 aromatic heterocycles. The van der Waals surface area contributed by atoms with E-state index in [4.69, 9.17) is 14.2 Å². The fraction of sp³-hybridized carbons (Fsp3) is 0.375. The normalized spacial score (nSPS) is 23.3. The molecule has 2 rings (SSSR count). The molecule has 124 valence electrons. The fourth-order valence-corrected chi connectivity index (χ4v) is 3.17. The molecular formula is C16H17BrO5S. The van der Waals surface area contributed by atoms with E-state index in [1.807, 2.05) is 30.3 Å². The van der Waals surface area contributed by atoms with Crippen molar-refractivity contribution < 1.29 is 23.8 Å². The summed E-state index contributed by atoms with van der Waals surface area (Å²) < 4.78 is 17.1. The van der Waals surface area contributed by atoms with Gasteiger partial charge < -0.3 is 14.2 Å². The molecule has 7 heteroatoms. The van der Waals surface area contributed by atoms with E-state index in [9.17, 15) is 9.59 Å². The van der Waals surface area contributed by atoms with Crippen molar-refractivity contribution in [2.75, 3.05) is 6.61 Å². The molecule has 23 heavy (non-hydrogen) atoms. The minimum absolute atomic E-state index is 0.0367. The lowest BCUT2D eigenvalue weighted by Gasteiger charge is -2.31. The third-order valence-corrected chi connectivity index (χ3v) is 4.53. The first kappa shape index (κ1) is 18.0. The lowest BCUT2D eigenvalue weighted by molar-refractivity contribution is -0.160. The van der Waals surface area contributed by atoms with E-state index in [-0.39, 0.29) is 12.0 Å². The molecule has 0 unspecified atom stereocenters. The van der Waals surface area contributed by atoms with Crippen molar-refractivity contribution in [2.45, 2.75) is 36.4 Å². The summed E-state index contributed by atoms with van der Waals surface area (Å²) in [6.45, 7) is 2.70. The highest BCUT2D eigenvalue weighted by molar-refractivity contribution is 9.10. The lowest BCUT2D eigenvalue weighted by atomic mass is 10.1. The first-order valence-electron chi connectivity index (χ1n) is 7.00. The number of hydrogen-bond donors (Lipinski definition) is 0. The van der Waals surface area contributed by atoms with Gasteiger partial charge in [0.1, 0.15) is 24.3 Å². The minimum Gasteiger partial charge on any atom is -0.463 e. The van der Waals surface area contributed by atoms with E-state index < -0.39 is 24.1 Å². The highest BCUT2D eigenvalue weighted by Crippen LogP contribution is 2.30. The van der Waals surface area contributed by atoms with Gasteiger partial charge in [-0.15, -0.1) is 0 Å². The number of carbonyl (C=O) groups is 2. The second-order valence-corrected chi connectivity index (χ2v) is 6.96. The zero-order valence-electron chi connectivity index (χ0n) is 12.7. The molecule has 0 aliphatic carbocycles. The van der Waals surface area contributed by atoms with Crippen LogP contribution >= 0.6 is 27.7 Å². The molecule has 1 aromatic carbocycles. The van der Waals surface area contributed by atoms with Gasteiger partial charge in [0, 0.05) is 23.2 Å². The zero-order valence-corrected chi connectivity index (χ0v) is 15.1. The average Bonchev–Trinajstić information content (AvgIpc) is 2.49. The molecule has 0 fully saturated rings. The van der Waals surface area contributed by atoms with Gasteiger partial charge >= 0.3 is 11.9 Å². The number of hydrogen-bond acceptors (Lipinski definition) is 6. The first-order chi connectivity index (χ1) is 10.9. The maximum atomic E-state index is 11.2. The summed E-state index contributed by atoms with van der Waals surface area (Å²) in [4.78, 5) is 23.2. The topological polar surface area (TPSA) is 61.8 Å². The Morgan fingerprint density at radius 3 is 2.48 bits per heavy atom. The first-order valence-corrected chi connectivity index (χ1v) is 8.68. The van der Waals surface area contributed by atoms with Gasteiger partial charge in [0.2, 0.25) is 0 Å². The van der Waals surface area contributed by atoms with Gasteiger partial charge in [0.05, 0.1) is 0 Å². The molecule has 0 radical (unpaired) electrons. The summed E-state index contributed by atoms with van der Waals surface area (Å²) in [6, 6.07) is 7.86. The Bertz CT molecular complexity index is 587. The number of benzene rings is 1. The van der Waals surface area contributed by atoms with E-state index in [0.29, 0.717) is 0 Å². The molecule has 1 aromatic rings. The molecular weight excluding hydrogens is 384 g/mol. The maximum absolute atomic E-state index is 11.2. The van der Waals surface area contributed by atoms with Gasteiger partial charge in [0.25, 0.3) is 0 Å². The number of ether oxygens (including phenoxy) is 3. The van der Waals surface area contributed by atoms with Crippen LogP contribution in [0, 0.1) is 0 Å². The van der Waals surface area contributed by atoms with Crippen LogP contribution in [0.25, 0.3) is 0 Å². The van der Waals surface area contributed by atoms with Crippen LogP contribution in [0.3, 0.4) is 0 Å². The van der Waals surface area contributed by atoms with Gasteiger partial charge in [-0.1, -0.05) is 27.7 Å². The van der Waals surface area contributed by atoms with Crippen molar-refractivity contribution >= 4 is 39.6 Å². The zero-order chi connectivity index (χ0) is 16.8. The molecule has 0 amide bonds. The highest BCUT2D eigenvalue weighted by Gasteiger charge is 2.31. The van der Waals surface area contributed by atoms with E-state index in [1.165, 1.54) is 25.6 Å². The quantitative estimate of drug-likeness (QED) is 0.557. The summed E-state index contributed by atoms with van der Waals surface area (Å²) >= 11 is 4.91. The molecule has 3 atom stereocenters. The monoisotopic (exact) mass is 400 g/mol. The SMILES string of the molecule is CC(=O)OC[C@H]1O[C@H](Sc2ccc(Br)cc2)C=C[C@H]1OC(C)=O. The van der Waals surface area contributed by atoms with E-state index >= 15 is 0 Å². The largest absolute Gasteiger partial charge is 0.463 e. The van der Waals surface area contributed by atoms with Crippen LogP contribution in [0.1, 0.15) is 13.8 Å². The van der Waals surface area contributed by atoms with Crippen LogP contribution < -0.4 is 0 Å². The van der Waals surface area contributed by atoms with Crippen molar-refractivity contribution in [3.05, 3.63) is 40.9 Å². The Kier molecular flexibility index (Phi) is 6.68. The second kappa shape index (κ2) is 8.52. The number of thioether (sulfide) groups is 1. The lowest BCUT2D eigenvalue weighted by Crippen LogP contribution is -2.40. The van der Waals surface area contributed by atoms with Gasteiger partial charge in [-0.2, -0.15) is 0 Å². The fourth-order valence-electron chi connectivity index (χ4n) is 1.97. The van der Waals surface area contributed by atoms with Crippen molar-refractivity contribution in [2.24, 2.45) is 0 Å². The van der Waals surface area contributed by atoms with Crippen molar-refractivity contribution in [1.29, 1.82) is 0 Å². The minimum atomic E-state index is -0.561. The summed E-state index contributed by atoms with van der Waals surface area (Å²) in [5.74, 6) is -0.808. The Hall–Kier alpha value is -1.31. The second-order valence-electron chi connectivity index (χ2n) is 4.88. The van der Waals surface area contributed by atoms with E-state index in [1.54, 1.807) is 6.08 Å². The average molecular weight is 401 g/mol. The van der Waals surface area contributed by atoms with Crippen LogP contribution in [0.5, 0.6) is 0 Å². The summed E-state index contributed by atoms with van der Waals surface area (Å²) in [6.07, 6.45) is 2.52. The molecule has 0 saturated carbocycles. The highest BCUT2D eigenvalue weighted by atomic mass is 79.9. The molecule has 5 nitrogen and oxygen atoms in total. The number of rotatable bonds is 5. The van der Waals surface area contributed by atoms with Crippen molar-refractivity contribution in [3.8, 4) is 0 Å². The molecule has 0 saturated heterocycles. The maximum Gasteiger partial charge on any atom is 0.303 e. The van der Waals surface area contributed by atoms with Crippen LogP contribution in [0.2, 0.25) is 0 Å². The van der Waals surface area contributed by atoms with Gasteiger partial charge in [0.15, 0.2) is 0 Å². The summed E-state index contributed by atoms with van der Waals surface area (Å²) in [5, 5.41) is 0. The third-order valence-electron chi connectivity index (χ3n) is 2.95. The van der Waals surface area contributed by atoms with E-state index in [0.717, 1.165) is 9.37 Å². The molecule has 0 N–H and O–H groups in total. The van der Waals surface area contributed by atoms with Gasteiger partial charge in [-0.25, -0.2) is 0 Å². The van der Waals surface area contributed by atoms with Crippen LogP contribution in [-0.4, -0.2) is 36.2 Å². The Morgan fingerprint density at radius 2 is 1.87 bits per heavy atom. The smallest absolute Gasteiger partial charge is 0.303 e. The van der Waals surface area contributed by atoms with Crippen molar-refractivity contribution in [1.82, 2.24) is 0 Å². The van der Waals surface area contributed by atoms with Gasteiger partial charge in [-0.3, -0.25) is 9.59 Å². The predicted octanol–water partition coefficient (Wildman–Crippen LogP) is 3.32. The van der Waals surface area contributed by atoms with Crippen LogP contribution in [0.15, 0.2) is 45.8 Å². The van der Waals surface area contributed by atoms with Gasteiger partial charge in [-0.05, 0) is 36.4 Å². The number of carbonyl (C=O) groups excluding carboxylic acids is 2. The van der Waals surface area contributed by atoms with Crippen LogP contribution in [-0.2, 0) is 23.8 Å². The predicted molar refractivity (Wildman–Crippen MR) is 90.0 cm³/mol. The summed E-state index contributed by atoms with van der Waals surface area (Å²) in [5.41, 5.74) is -0.247. The molecule has 0 spiro atoms. The molecule has 0 bridgehead atoms. The summed E-state index contributed by atoms with van der Waals surface area (Å²) in [7, 11) is 0. The molecule has 1 aliphatic heterocycles. The standard InChI is InChI=1S/C16H17BrO5S/c1-10(18)20-9-15-14(21-11(2)19)7-8-16(22-15)23-13-5-3-12(17)4-6-13/h3-8,14-16H,9H2,1-2H3/t14-,15-,16-/m1/s1. The Morgan fingerprint density at radius 1 is 1.17 bits per heavy atom. The molecule has 1 aliphatic rings. The van der Waals surface area contributed by atoms with E-state index in [2.05, 4.69) is 15.9 Å². The van der Waals surface area contributed by atoms with Crippen molar-refractivity contribution in [3.63, 3.8) is 0 Å². The van der Waals surface area contributed by atoms with Crippen LogP contribution in [0.4, 0.5) is 0 Å². The number of esters is 2. The Labute approximate surface area is 147 Å². The molecule has 1 heterocycles.